The van der Waals surface area contributed by atoms with Crippen molar-refractivity contribution in [2.45, 2.75) is 199 Å². The van der Waals surface area contributed by atoms with Crippen molar-refractivity contribution < 1.29 is 87.1 Å². The molecule has 117 heavy (non-hydrogen) atoms. The van der Waals surface area contributed by atoms with Crippen molar-refractivity contribution in [3.63, 3.8) is 0 Å². The van der Waals surface area contributed by atoms with Crippen molar-refractivity contribution in [1.29, 1.82) is 0 Å². The summed E-state index contributed by atoms with van der Waals surface area (Å²) in [6, 6.07) is 11.0. The summed E-state index contributed by atoms with van der Waals surface area (Å²) in [7, 11) is 0. The first-order valence-corrected chi connectivity index (χ1v) is 38.0. The summed E-state index contributed by atoms with van der Waals surface area (Å²) in [5, 5.41) is 87.9. The molecule has 0 aliphatic rings. The minimum absolute atomic E-state index is 0.00267. The van der Waals surface area contributed by atoms with Crippen LogP contribution in [0.4, 0.5) is 4.39 Å². The standard InChI is InChI=1S/C78H104FN21O17/c1-9-49-33-54(117-28-13-12-27-100-40-53(37-80)94-99-100)23-24-55(49)50-21-19-47(20-22-50)32-58(69(109)86-57(67(81)107)18-14-15-48-30-43(2)29-44(3)31-48)87-70(110)60(35-64(105)106)88-71(111)61(41-101)89-72(112)65(45(4)102)92-76(116)78(8,36-51-16-10-11-17-56(51)79)93-73(113)66(46(5)103)91-63(104)39-84-68(108)59(34-62-95-97-98-96-62)90-75(115)77(6,7)74(114)83-26-25-52-38-82-42-85-52/h10-11,16-17,19-24,29-31,33,38,40,42,45-46,57-61,65-66,101-103H,9,12-15,18,25-28,32,34-37,39,41,80H2,1-8H3,(H2,81,107)(H,82,85)(H,83,114)(H,84,108)(H,86,109)(H,87,110)(H,88,111)(H,89,112)(H,90,115)(H,91,104)(H,92,116)(H,93,113)(H,105,106)(H,95,96,97,98)/t45-,46-,57+,58+,59+,60+,61+,65+,66+,78+/m1/s1. The number of aromatic nitrogens is 9. The van der Waals surface area contributed by atoms with Crippen LogP contribution < -0.4 is 69.4 Å². The Morgan fingerprint density at radius 2 is 1.32 bits per heavy atom. The number of hydrogen-bond donors (Lipinski definition) is 18. The van der Waals surface area contributed by atoms with Crippen LogP contribution in [0.15, 0.2) is 104 Å². The number of aliphatic carboxylic acids is 1. The first kappa shape index (κ1) is 91.7. The molecule has 11 amide bonds. The topological polar surface area (TPSA) is 581 Å². The largest absolute Gasteiger partial charge is 0.494 e. The zero-order valence-electron chi connectivity index (χ0n) is 66.3. The summed E-state index contributed by atoms with van der Waals surface area (Å²) in [5.74, 6) is -14.2. The van der Waals surface area contributed by atoms with Crippen molar-refractivity contribution in [2.24, 2.45) is 16.9 Å². The molecule has 7 aromatic rings. The SMILES string of the molecule is CCc1cc(OCCCCn2cc(CN)nn2)ccc1-c1ccc(C[C@H](NC(=O)[C@H](CC(=O)O)NC(=O)[C@H](CO)NC(=O)[C@@H](NC(=O)[C@](C)(Cc2ccccc2F)NC(=O)[C@@H](NC(=O)CNC(=O)[C@H](Cc2nnn[nH]2)NC(=O)C(C)(C)C(=O)NCCc2cnc[nH]2)[C@@H](C)O)[C@@H](C)O)C(=O)N[C@@H](CCCc2cc(C)cc(C)c2)C(N)=O)cc1. The van der Waals surface area contributed by atoms with Gasteiger partial charge in [0.25, 0.3) is 0 Å². The number of carbonyl (C=O) groups excluding carboxylic acids is 11. The molecule has 10 atom stereocenters. The molecule has 0 saturated heterocycles. The summed E-state index contributed by atoms with van der Waals surface area (Å²) >= 11 is 0. The van der Waals surface area contributed by atoms with E-state index in [0.29, 0.717) is 68.1 Å². The molecule has 0 aliphatic heterocycles. The molecule has 0 radical (unpaired) electrons. The van der Waals surface area contributed by atoms with Crippen molar-refractivity contribution in [3.8, 4) is 16.9 Å². The number of benzene rings is 4. The van der Waals surface area contributed by atoms with Gasteiger partial charge in [0, 0.05) is 63.4 Å². The monoisotopic (exact) mass is 1630 g/mol. The zero-order valence-corrected chi connectivity index (χ0v) is 66.3. The maximum atomic E-state index is 15.6. The number of tetrazole rings is 1. The average molecular weight is 1630 g/mol. The highest BCUT2D eigenvalue weighted by Gasteiger charge is 2.43. The number of aromatic amines is 2. The van der Waals surface area contributed by atoms with Gasteiger partial charge in [-0.05, 0) is 149 Å². The second kappa shape index (κ2) is 43.8. The number of carbonyl (C=O) groups is 12. The van der Waals surface area contributed by atoms with Crippen LogP contribution in [0, 0.1) is 25.1 Å². The van der Waals surface area contributed by atoms with Crippen LogP contribution in [0.2, 0.25) is 0 Å². The molecule has 3 aromatic heterocycles. The highest BCUT2D eigenvalue weighted by molar-refractivity contribution is 6.06. The summed E-state index contributed by atoms with van der Waals surface area (Å²) in [4.78, 5) is 173. The van der Waals surface area contributed by atoms with Gasteiger partial charge >= 0.3 is 5.97 Å². The number of rotatable bonds is 47. The molecular weight excluding hydrogens is 1520 g/mol. The molecule has 38 nitrogen and oxygen atoms in total. The van der Waals surface area contributed by atoms with Gasteiger partial charge in [0.05, 0.1) is 50.4 Å². The van der Waals surface area contributed by atoms with Gasteiger partial charge in [-0.1, -0.05) is 90.0 Å². The van der Waals surface area contributed by atoms with Crippen molar-refractivity contribution in [3.05, 3.63) is 160 Å². The summed E-state index contributed by atoms with van der Waals surface area (Å²) < 4.78 is 23.4. The van der Waals surface area contributed by atoms with Gasteiger partial charge < -0.3 is 94.8 Å². The number of unbranched alkanes of at least 4 members (excludes halogenated alkanes) is 1. The van der Waals surface area contributed by atoms with E-state index >= 15 is 4.39 Å². The van der Waals surface area contributed by atoms with Gasteiger partial charge in [-0.15, -0.1) is 10.2 Å². The number of aryl methyl sites for hydroxylation is 5. The van der Waals surface area contributed by atoms with Crippen molar-refractivity contribution >= 4 is 70.9 Å². The Bertz CT molecular complexity index is 4540. The van der Waals surface area contributed by atoms with Crippen LogP contribution in [0.5, 0.6) is 5.75 Å². The predicted octanol–water partition coefficient (Wildman–Crippen LogP) is -1.65. The predicted molar refractivity (Wildman–Crippen MR) is 418 cm³/mol. The highest BCUT2D eigenvalue weighted by atomic mass is 19.1. The number of imidazole rings is 1. The molecule has 39 heteroatoms. The van der Waals surface area contributed by atoms with Crippen LogP contribution >= 0.6 is 0 Å². The van der Waals surface area contributed by atoms with E-state index < -0.39 is 168 Å². The number of ether oxygens (including phenoxy) is 1. The lowest BCUT2D eigenvalue weighted by Crippen LogP contribution is -2.67. The number of nitrogens with one attached hydrogen (secondary N) is 12. The molecule has 0 saturated carbocycles. The number of primary amides is 1. The first-order chi connectivity index (χ1) is 55.6. The Balaban J connectivity index is 1.04. The van der Waals surface area contributed by atoms with E-state index in [1.165, 1.54) is 38.4 Å². The minimum atomic E-state index is -2.41. The summed E-state index contributed by atoms with van der Waals surface area (Å²) in [5.41, 5.74) is 14.7. The maximum Gasteiger partial charge on any atom is 0.305 e. The van der Waals surface area contributed by atoms with Gasteiger partial charge in [-0.25, -0.2) is 14.5 Å². The van der Waals surface area contributed by atoms with Gasteiger partial charge in [-0.2, -0.15) is 0 Å². The lowest BCUT2D eigenvalue weighted by molar-refractivity contribution is -0.143. The fraction of sp³-hybridized carbons (Fsp3) is 0.462. The minimum Gasteiger partial charge on any atom is -0.494 e. The lowest BCUT2D eigenvalue weighted by atomic mass is 9.90. The molecule has 7 rings (SSSR count). The molecular formula is C78H104FN21O17. The van der Waals surface area contributed by atoms with E-state index in [0.717, 1.165) is 73.1 Å². The molecule has 0 fully saturated rings. The van der Waals surface area contributed by atoms with Crippen LogP contribution in [0.25, 0.3) is 11.1 Å². The number of hydrogen-bond acceptors (Lipinski definition) is 23. The number of amides is 11. The number of carboxylic acid groups (broad SMARTS) is 1. The Labute approximate surface area is 673 Å². The van der Waals surface area contributed by atoms with Crippen LogP contribution in [-0.2, 0) is 109 Å². The first-order valence-electron chi connectivity index (χ1n) is 38.0. The Kier molecular flexibility index (Phi) is 34.4. The number of aliphatic hydroxyl groups excluding tert-OH is 3. The third-order valence-electron chi connectivity index (χ3n) is 19.1. The molecule has 0 spiro atoms. The van der Waals surface area contributed by atoms with Gasteiger partial charge in [0.2, 0.25) is 65.0 Å². The maximum absolute atomic E-state index is 15.6. The van der Waals surface area contributed by atoms with Gasteiger partial charge in [0.15, 0.2) is 5.82 Å². The lowest BCUT2D eigenvalue weighted by Gasteiger charge is -2.34. The van der Waals surface area contributed by atoms with Crippen LogP contribution in [-0.4, -0.2) is 223 Å². The quantitative estimate of drug-likeness (QED) is 0.0150. The van der Waals surface area contributed by atoms with Gasteiger partial charge in [-0.3, -0.25) is 62.2 Å². The molecule has 4 aromatic carbocycles. The van der Waals surface area contributed by atoms with Crippen LogP contribution in [0.3, 0.4) is 0 Å². The average Bonchev–Trinajstić information content (AvgIpc) is 1.47. The zero-order chi connectivity index (χ0) is 85.7. The second-order valence-corrected chi connectivity index (χ2v) is 29.2. The van der Waals surface area contributed by atoms with E-state index in [2.05, 4.69) is 94.1 Å². The summed E-state index contributed by atoms with van der Waals surface area (Å²) in [6.07, 6.45) is 2.05. The second-order valence-electron chi connectivity index (χ2n) is 29.2. The number of halogens is 1. The Morgan fingerprint density at radius 1 is 0.667 bits per heavy atom. The number of carboxylic acids is 1. The van der Waals surface area contributed by atoms with Crippen molar-refractivity contribution in [1.82, 2.24) is 98.8 Å². The van der Waals surface area contributed by atoms with E-state index in [1.54, 1.807) is 41.3 Å². The summed E-state index contributed by atoms with van der Waals surface area (Å²) in [6.45, 7) is 11.0. The number of nitrogens with two attached hydrogens (primary N) is 2. The van der Waals surface area contributed by atoms with E-state index in [4.69, 9.17) is 16.2 Å². The van der Waals surface area contributed by atoms with E-state index in [9.17, 15) is 78.0 Å². The third-order valence-corrected chi connectivity index (χ3v) is 19.1. The van der Waals surface area contributed by atoms with Gasteiger partial charge in [0.1, 0.15) is 64.8 Å². The van der Waals surface area contributed by atoms with Crippen molar-refractivity contribution in [2.75, 3.05) is 26.3 Å². The Morgan fingerprint density at radius 3 is 1.95 bits per heavy atom. The third kappa shape index (κ3) is 27.9. The molecule has 630 valence electrons. The fourth-order valence-corrected chi connectivity index (χ4v) is 12.5. The number of aliphatic hydroxyl groups is 3. The Hall–Kier alpha value is -12.5. The smallest absolute Gasteiger partial charge is 0.305 e. The normalized spacial score (nSPS) is 14.2. The van der Waals surface area contributed by atoms with E-state index in [1.807, 2.05) is 57.2 Å². The molecule has 20 N–H and O–H groups in total. The number of H-pyrrole nitrogens is 2. The fourth-order valence-electron chi connectivity index (χ4n) is 12.5. The molecule has 0 aliphatic carbocycles. The van der Waals surface area contributed by atoms with E-state index in [-0.39, 0.29) is 37.2 Å². The molecule has 0 bridgehead atoms. The van der Waals surface area contributed by atoms with Crippen LogP contribution in [0.1, 0.15) is 124 Å². The number of nitrogens with zero attached hydrogens (tertiary/aromatic N) is 7. The molecule has 3 heterocycles. The highest BCUT2D eigenvalue weighted by Crippen LogP contribution is 2.30. The molecule has 0 unspecified atom stereocenters.